The summed E-state index contributed by atoms with van der Waals surface area (Å²) in [6.07, 6.45) is 0. The first kappa shape index (κ1) is 44.2. The van der Waals surface area contributed by atoms with E-state index < -0.39 is 0 Å². The van der Waals surface area contributed by atoms with Gasteiger partial charge in [-0.05, 0) is 177 Å². The van der Waals surface area contributed by atoms with Gasteiger partial charge in [0.15, 0.2) is 0 Å². The van der Waals surface area contributed by atoms with Crippen LogP contribution in [0, 0.1) is 0 Å². The van der Waals surface area contributed by atoms with Crippen molar-refractivity contribution in [1.82, 2.24) is 0 Å². The Bertz CT molecular complexity index is 3500. The maximum atomic E-state index is 2.54. The van der Waals surface area contributed by atoms with Crippen LogP contribution >= 0.6 is 0 Å². The van der Waals surface area contributed by atoms with Crippen molar-refractivity contribution >= 4 is 32.3 Å². The van der Waals surface area contributed by atoms with Crippen LogP contribution in [0.5, 0.6) is 0 Å². The van der Waals surface area contributed by atoms with Gasteiger partial charge in [0, 0.05) is 0 Å². The van der Waals surface area contributed by atoms with Crippen molar-refractivity contribution in [3.05, 3.63) is 192 Å². The van der Waals surface area contributed by atoms with E-state index in [1.807, 2.05) is 0 Å². The molecule has 10 aromatic rings. The summed E-state index contributed by atoms with van der Waals surface area (Å²) in [5, 5.41) is 7.89. The molecular formula is C70H64. The van der Waals surface area contributed by atoms with Gasteiger partial charge >= 0.3 is 0 Å². The van der Waals surface area contributed by atoms with Gasteiger partial charge in [-0.25, -0.2) is 0 Å². The minimum Gasteiger partial charge on any atom is -0.0622 e. The molecule has 0 saturated heterocycles. The second kappa shape index (κ2) is 15.2. The molecule has 0 nitrogen and oxygen atoms in total. The van der Waals surface area contributed by atoms with Crippen molar-refractivity contribution in [1.29, 1.82) is 0 Å². The second-order valence-electron chi connectivity index (χ2n) is 24.6. The molecule has 0 radical (unpaired) electrons. The summed E-state index contributed by atoms with van der Waals surface area (Å²) in [7, 11) is 0. The third kappa shape index (κ3) is 6.85. The van der Waals surface area contributed by atoms with E-state index in [1.54, 1.807) is 0 Å². The summed E-state index contributed by atoms with van der Waals surface area (Å²) < 4.78 is 0. The Balaban J connectivity index is 1.18. The quantitative estimate of drug-likeness (QED) is 0.154. The van der Waals surface area contributed by atoms with E-state index in [9.17, 15) is 0 Å². The zero-order valence-electron chi connectivity index (χ0n) is 43.2. The molecule has 0 heterocycles. The molecule has 0 fully saturated rings. The van der Waals surface area contributed by atoms with Crippen LogP contribution in [-0.4, -0.2) is 0 Å². The van der Waals surface area contributed by atoms with Crippen LogP contribution in [0.1, 0.15) is 105 Å². The van der Waals surface area contributed by atoms with Gasteiger partial charge in [0.1, 0.15) is 0 Å². The molecule has 70 heavy (non-hydrogen) atoms. The third-order valence-corrected chi connectivity index (χ3v) is 15.7. The highest BCUT2D eigenvalue weighted by atomic mass is 14.4. The van der Waals surface area contributed by atoms with Crippen LogP contribution < -0.4 is 0 Å². The standard InChI is InChI=1S/C70H64/c1-67(2,3)45-33-43(34-46(37-45)68(4,5)6)49-27-28-50(44-35-47(69(7,8)9)38-48(36-44)70(10,11)12)64-56-32-30-54-58-40-60-59(39-57(58)53-29-31-55(63(49)64)66(56)65(53)54)61(41-21-15-13-16-22-41)51-25-19-20-26-52(51)62(60)42-23-17-14-18-24-42/h13-40H,1-12H3. The monoisotopic (exact) mass is 905 g/mol. The molecule has 0 aromatic heterocycles. The van der Waals surface area contributed by atoms with Crippen LogP contribution in [0.15, 0.2) is 170 Å². The van der Waals surface area contributed by atoms with E-state index in [0.29, 0.717) is 0 Å². The largest absolute Gasteiger partial charge is 0.0622 e. The molecule has 0 atom stereocenters. The Hall–Kier alpha value is -7.02. The molecule has 0 aliphatic heterocycles. The van der Waals surface area contributed by atoms with E-state index in [1.165, 1.54) is 144 Å². The maximum Gasteiger partial charge on any atom is -0.00134 e. The summed E-state index contributed by atoms with van der Waals surface area (Å²) in [5.74, 6) is 0. The highest BCUT2D eigenvalue weighted by Crippen LogP contribution is 2.61. The summed E-state index contributed by atoms with van der Waals surface area (Å²) in [6.45, 7) is 28.2. The normalized spacial score (nSPS) is 13.1. The average molecular weight is 905 g/mol. The number of fused-ring (bicyclic) bond motifs is 8. The lowest BCUT2D eigenvalue weighted by Gasteiger charge is -2.28. The van der Waals surface area contributed by atoms with E-state index in [2.05, 4.69) is 253 Å². The Morgan fingerprint density at radius 3 is 0.857 bits per heavy atom. The number of rotatable bonds is 4. The second-order valence-corrected chi connectivity index (χ2v) is 24.6. The number of benzene rings is 10. The minimum atomic E-state index is -0.0106. The fourth-order valence-electron chi connectivity index (χ4n) is 11.8. The zero-order valence-corrected chi connectivity index (χ0v) is 43.2. The lowest BCUT2D eigenvalue weighted by molar-refractivity contribution is 0.568. The molecule has 0 spiro atoms. The lowest BCUT2D eigenvalue weighted by Crippen LogP contribution is -2.16. The van der Waals surface area contributed by atoms with Gasteiger partial charge in [-0.1, -0.05) is 241 Å². The molecule has 0 heteroatoms. The van der Waals surface area contributed by atoms with Gasteiger partial charge in [0.2, 0.25) is 0 Å². The minimum absolute atomic E-state index is 0.0106. The number of hydrogen-bond donors (Lipinski definition) is 0. The Morgan fingerprint density at radius 1 is 0.214 bits per heavy atom. The van der Waals surface area contributed by atoms with Gasteiger partial charge in [0.25, 0.3) is 0 Å². The van der Waals surface area contributed by atoms with Crippen molar-refractivity contribution < 1.29 is 0 Å². The van der Waals surface area contributed by atoms with Crippen molar-refractivity contribution in [2.24, 2.45) is 0 Å². The van der Waals surface area contributed by atoms with Crippen LogP contribution in [0.2, 0.25) is 0 Å². The third-order valence-electron chi connectivity index (χ3n) is 15.7. The van der Waals surface area contributed by atoms with E-state index in [4.69, 9.17) is 0 Å². The molecule has 10 aromatic carbocycles. The van der Waals surface area contributed by atoms with Crippen molar-refractivity contribution in [3.63, 3.8) is 0 Å². The summed E-state index contributed by atoms with van der Waals surface area (Å²) in [4.78, 5) is 0. The van der Waals surface area contributed by atoms with Crippen LogP contribution in [0.3, 0.4) is 0 Å². The van der Waals surface area contributed by atoms with Gasteiger partial charge < -0.3 is 0 Å². The van der Waals surface area contributed by atoms with E-state index in [-0.39, 0.29) is 21.7 Å². The fourth-order valence-corrected chi connectivity index (χ4v) is 11.8. The summed E-state index contributed by atoms with van der Waals surface area (Å²) in [6, 6.07) is 65.8. The molecule has 0 amide bonds. The molecule has 344 valence electrons. The predicted octanol–water partition coefficient (Wildman–Crippen LogP) is 20.3. The van der Waals surface area contributed by atoms with Crippen LogP contribution in [0.4, 0.5) is 0 Å². The molecule has 12 rings (SSSR count). The SMILES string of the molecule is CC(C)(C)c1cc(-c2ccc(-c3cc(C(C)(C)C)cc(C(C)(C)C)c3)c3c2-c2ccc4c5c(ccc-3c25)-c2cc3c(-c5ccccc5)c5ccccc5c(-c5ccccc5)c3cc2-4)cc(C(C)(C)C)c1. The first-order valence-corrected chi connectivity index (χ1v) is 25.5. The fraction of sp³-hybridized carbons (Fsp3) is 0.229. The molecule has 0 N–H and O–H groups in total. The van der Waals surface area contributed by atoms with Crippen molar-refractivity contribution in [3.8, 4) is 89.0 Å². The zero-order chi connectivity index (χ0) is 48.8. The molecular weight excluding hydrogens is 841 g/mol. The first-order valence-electron chi connectivity index (χ1n) is 25.5. The summed E-state index contributed by atoms with van der Waals surface area (Å²) in [5.41, 5.74) is 26.4. The summed E-state index contributed by atoms with van der Waals surface area (Å²) >= 11 is 0. The molecule has 0 bridgehead atoms. The van der Waals surface area contributed by atoms with Gasteiger partial charge in [0.05, 0.1) is 0 Å². The Morgan fingerprint density at radius 2 is 0.514 bits per heavy atom. The van der Waals surface area contributed by atoms with Gasteiger partial charge in [-0.2, -0.15) is 0 Å². The Kier molecular flexibility index (Phi) is 9.62. The Labute approximate surface area is 416 Å². The van der Waals surface area contributed by atoms with Gasteiger partial charge in [-0.15, -0.1) is 0 Å². The van der Waals surface area contributed by atoms with Gasteiger partial charge in [-0.3, -0.25) is 0 Å². The molecule has 0 unspecified atom stereocenters. The lowest BCUT2D eigenvalue weighted by atomic mass is 9.77. The predicted molar refractivity (Wildman–Crippen MR) is 304 cm³/mol. The maximum absolute atomic E-state index is 2.54. The van der Waals surface area contributed by atoms with Crippen LogP contribution in [0.25, 0.3) is 121 Å². The van der Waals surface area contributed by atoms with Crippen molar-refractivity contribution in [2.75, 3.05) is 0 Å². The average Bonchev–Trinajstić information content (AvgIpc) is 3.83. The smallest absolute Gasteiger partial charge is 0.00134 e. The number of hydrogen-bond acceptors (Lipinski definition) is 0. The topological polar surface area (TPSA) is 0 Å². The molecule has 2 aliphatic rings. The van der Waals surface area contributed by atoms with E-state index in [0.717, 1.165) is 0 Å². The highest BCUT2D eigenvalue weighted by molar-refractivity contribution is 6.31. The van der Waals surface area contributed by atoms with E-state index >= 15 is 0 Å². The van der Waals surface area contributed by atoms with Crippen molar-refractivity contribution in [2.45, 2.75) is 105 Å². The highest BCUT2D eigenvalue weighted by Gasteiger charge is 2.35. The molecule has 0 saturated carbocycles. The first-order chi connectivity index (χ1) is 33.3. The molecule has 2 aliphatic carbocycles. The van der Waals surface area contributed by atoms with Crippen LogP contribution in [-0.2, 0) is 21.7 Å².